The maximum atomic E-state index is 13.1. The van der Waals surface area contributed by atoms with Crippen molar-refractivity contribution < 1.29 is 26.0 Å². The molecule has 0 aromatic heterocycles. The van der Waals surface area contributed by atoms with Gasteiger partial charge in [0.2, 0.25) is 26.0 Å². The van der Waals surface area contributed by atoms with Gasteiger partial charge in [0.15, 0.2) is 0 Å². The molecule has 0 unspecified atom stereocenters. The molecule has 1 fully saturated rings. The normalized spacial score (nSPS) is 18.0. The highest BCUT2D eigenvalue weighted by Crippen LogP contribution is 2.26. The van der Waals surface area contributed by atoms with Crippen LogP contribution in [0, 0.1) is 18.7 Å². The minimum absolute atomic E-state index is 0.0139. The van der Waals surface area contributed by atoms with E-state index in [0.29, 0.717) is 24.1 Å². The van der Waals surface area contributed by atoms with Crippen molar-refractivity contribution in [2.24, 2.45) is 5.92 Å². The second-order valence-electron chi connectivity index (χ2n) is 7.33. The molecule has 1 aliphatic rings. The van der Waals surface area contributed by atoms with Crippen LogP contribution in [0.15, 0.2) is 52.3 Å². The van der Waals surface area contributed by atoms with Gasteiger partial charge in [0.1, 0.15) is 5.82 Å². The summed E-state index contributed by atoms with van der Waals surface area (Å²) in [5.74, 6) is -1.53. The largest absolute Gasteiger partial charge is 0.326 e. The van der Waals surface area contributed by atoms with Gasteiger partial charge in [-0.1, -0.05) is 6.07 Å². The minimum atomic E-state index is -3.86. The number of carbonyl (C=O) groups is 1. The van der Waals surface area contributed by atoms with Crippen LogP contribution >= 0.6 is 0 Å². The molecule has 0 spiro atoms. The molecule has 0 radical (unpaired) electrons. The number of halogens is 1. The minimum Gasteiger partial charge on any atom is -0.326 e. The van der Waals surface area contributed by atoms with E-state index in [1.807, 2.05) is 0 Å². The SMILES string of the molecule is CNS(=O)(=O)c1ccc(C)c(NC(=O)[C@H]2CCCN(S(=O)(=O)c3ccc(F)cc3)C2)c1. The van der Waals surface area contributed by atoms with Gasteiger partial charge >= 0.3 is 0 Å². The molecule has 3 rings (SSSR count). The summed E-state index contributed by atoms with van der Waals surface area (Å²) in [6, 6.07) is 8.96. The smallest absolute Gasteiger partial charge is 0.243 e. The Morgan fingerprint density at radius 3 is 2.35 bits per heavy atom. The Bertz CT molecular complexity index is 1180. The quantitative estimate of drug-likeness (QED) is 0.673. The van der Waals surface area contributed by atoms with E-state index < -0.39 is 31.8 Å². The first kappa shape index (κ1) is 23.3. The van der Waals surface area contributed by atoms with Crippen LogP contribution in [0.1, 0.15) is 18.4 Å². The van der Waals surface area contributed by atoms with E-state index in [9.17, 15) is 26.0 Å². The highest BCUT2D eigenvalue weighted by Gasteiger charge is 2.33. The molecule has 168 valence electrons. The lowest BCUT2D eigenvalue weighted by Crippen LogP contribution is -2.43. The second-order valence-corrected chi connectivity index (χ2v) is 11.2. The van der Waals surface area contributed by atoms with Crippen molar-refractivity contribution in [1.82, 2.24) is 9.03 Å². The Morgan fingerprint density at radius 1 is 1.06 bits per heavy atom. The molecule has 0 saturated carbocycles. The van der Waals surface area contributed by atoms with Gasteiger partial charge in [-0.05, 0) is 68.8 Å². The number of hydrogen-bond donors (Lipinski definition) is 2. The predicted molar refractivity (Wildman–Crippen MR) is 114 cm³/mol. The number of nitrogens with zero attached hydrogens (tertiary/aromatic N) is 1. The molecule has 11 heteroatoms. The predicted octanol–water partition coefficient (Wildman–Crippen LogP) is 2.08. The van der Waals surface area contributed by atoms with Gasteiger partial charge in [-0.2, -0.15) is 4.31 Å². The van der Waals surface area contributed by atoms with Gasteiger partial charge < -0.3 is 5.32 Å². The van der Waals surface area contributed by atoms with Gasteiger partial charge in [0.25, 0.3) is 0 Å². The van der Waals surface area contributed by atoms with E-state index in [1.165, 1.54) is 35.6 Å². The Morgan fingerprint density at radius 2 is 1.71 bits per heavy atom. The third-order valence-corrected chi connectivity index (χ3v) is 8.54. The van der Waals surface area contributed by atoms with E-state index in [1.54, 1.807) is 13.0 Å². The number of benzene rings is 2. The molecule has 0 bridgehead atoms. The molecule has 0 aliphatic carbocycles. The highest BCUT2D eigenvalue weighted by atomic mass is 32.2. The first-order chi connectivity index (χ1) is 14.5. The summed E-state index contributed by atoms with van der Waals surface area (Å²) in [4.78, 5) is 12.8. The zero-order valence-electron chi connectivity index (χ0n) is 17.1. The van der Waals surface area contributed by atoms with E-state index in [4.69, 9.17) is 0 Å². The zero-order chi connectivity index (χ0) is 22.8. The van der Waals surface area contributed by atoms with Crippen molar-refractivity contribution >= 4 is 31.6 Å². The fourth-order valence-electron chi connectivity index (χ4n) is 3.39. The van der Waals surface area contributed by atoms with Crippen LogP contribution < -0.4 is 10.0 Å². The second kappa shape index (κ2) is 9.03. The first-order valence-electron chi connectivity index (χ1n) is 9.65. The van der Waals surface area contributed by atoms with Crippen molar-refractivity contribution in [3.63, 3.8) is 0 Å². The number of rotatable bonds is 6. The topological polar surface area (TPSA) is 113 Å². The van der Waals surface area contributed by atoms with Gasteiger partial charge in [0, 0.05) is 18.8 Å². The average Bonchev–Trinajstić information content (AvgIpc) is 2.75. The maximum Gasteiger partial charge on any atom is 0.243 e. The number of carbonyl (C=O) groups excluding carboxylic acids is 1. The van der Waals surface area contributed by atoms with E-state index >= 15 is 0 Å². The Kier molecular flexibility index (Phi) is 6.79. The number of anilines is 1. The summed E-state index contributed by atoms with van der Waals surface area (Å²) < 4.78 is 66.4. The lowest BCUT2D eigenvalue weighted by molar-refractivity contribution is -0.120. The summed E-state index contributed by atoms with van der Waals surface area (Å²) in [6.07, 6.45) is 0.987. The molecule has 8 nitrogen and oxygen atoms in total. The fourth-order valence-corrected chi connectivity index (χ4v) is 5.67. The number of hydrogen-bond acceptors (Lipinski definition) is 5. The van der Waals surface area contributed by atoms with Gasteiger partial charge in [0.05, 0.1) is 15.7 Å². The Labute approximate surface area is 181 Å². The molecular formula is C20H24FN3O5S2. The van der Waals surface area contributed by atoms with Crippen molar-refractivity contribution in [3.05, 3.63) is 53.8 Å². The molecule has 1 amide bonds. The number of piperidine rings is 1. The summed E-state index contributed by atoms with van der Waals surface area (Å²) in [6.45, 7) is 1.98. The van der Waals surface area contributed by atoms with Gasteiger partial charge in [-0.3, -0.25) is 4.79 Å². The number of nitrogens with one attached hydrogen (secondary N) is 2. The maximum absolute atomic E-state index is 13.1. The molecule has 31 heavy (non-hydrogen) atoms. The summed E-state index contributed by atoms with van der Waals surface area (Å²) in [5, 5.41) is 2.73. The molecule has 2 aromatic carbocycles. The van der Waals surface area contributed by atoms with Crippen molar-refractivity contribution in [3.8, 4) is 0 Å². The third kappa shape index (κ3) is 5.12. The van der Waals surface area contributed by atoms with Crippen LogP contribution in [0.5, 0.6) is 0 Å². The number of sulfonamides is 2. The summed E-state index contributed by atoms with van der Waals surface area (Å²) in [7, 11) is -6.23. The first-order valence-corrected chi connectivity index (χ1v) is 12.6. The lowest BCUT2D eigenvalue weighted by Gasteiger charge is -2.31. The standard InChI is InChI=1S/C20H24FN3O5S2/c1-14-5-8-18(30(26,27)22-2)12-19(14)23-20(25)15-4-3-11-24(13-15)31(28,29)17-9-6-16(21)7-10-17/h5-10,12,15,22H,3-4,11,13H2,1-2H3,(H,23,25)/t15-/m0/s1. The summed E-state index contributed by atoms with van der Waals surface area (Å²) in [5.41, 5.74) is 1.02. The monoisotopic (exact) mass is 469 g/mol. The number of aryl methyl sites for hydroxylation is 1. The van der Waals surface area contributed by atoms with Crippen molar-refractivity contribution in [2.75, 3.05) is 25.5 Å². The van der Waals surface area contributed by atoms with Crippen LogP contribution in [0.2, 0.25) is 0 Å². The molecule has 2 N–H and O–H groups in total. The van der Waals surface area contributed by atoms with Crippen LogP contribution in [-0.4, -0.2) is 47.2 Å². The molecule has 1 atom stereocenters. The molecule has 2 aromatic rings. The van der Waals surface area contributed by atoms with E-state index in [-0.39, 0.29) is 28.8 Å². The summed E-state index contributed by atoms with van der Waals surface area (Å²) >= 11 is 0. The van der Waals surface area contributed by atoms with Crippen LogP contribution in [0.25, 0.3) is 0 Å². The average molecular weight is 470 g/mol. The number of amides is 1. The molecular weight excluding hydrogens is 445 g/mol. The van der Waals surface area contributed by atoms with Crippen LogP contribution in [0.3, 0.4) is 0 Å². The molecule has 1 aliphatic heterocycles. The Balaban J connectivity index is 1.77. The van der Waals surface area contributed by atoms with E-state index in [0.717, 1.165) is 12.1 Å². The Hall–Kier alpha value is -2.34. The fraction of sp³-hybridized carbons (Fsp3) is 0.350. The van der Waals surface area contributed by atoms with Crippen molar-refractivity contribution in [2.45, 2.75) is 29.6 Å². The van der Waals surface area contributed by atoms with Crippen LogP contribution in [-0.2, 0) is 24.8 Å². The van der Waals surface area contributed by atoms with Gasteiger partial charge in [-0.15, -0.1) is 0 Å². The van der Waals surface area contributed by atoms with E-state index in [2.05, 4.69) is 10.0 Å². The third-order valence-electron chi connectivity index (χ3n) is 5.25. The zero-order valence-corrected chi connectivity index (χ0v) is 18.8. The molecule has 1 heterocycles. The highest BCUT2D eigenvalue weighted by molar-refractivity contribution is 7.89. The van der Waals surface area contributed by atoms with Gasteiger partial charge in [-0.25, -0.2) is 25.9 Å². The van der Waals surface area contributed by atoms with Crippen molar-refractivity contribution in [1.29, 1.82) is 0 Å². The lowest BCUT2D eigenvalue weighted by atomic mass is 9.98. The molecule has 1 saturated heterocycles. The van der Waals surface area contributed by atoms with Crippen LogP contribution in [0.4, 0.5) is 10.1 Å².